The van der Waals surface area contributed by atoms with E-state index in [1.807, 2.05) is 0 Å². The highest BCUT2D eigenvalue weighted by molar-refractivity contribution is 7.89. The highest BCUT2D eigenvalue weighted by Crippen LogP contribution is 2.16. The Balaban J connectivity index is 2.04. The average molecular weight is 382 g/mol. The molecule has 134 valence electrons. The molecule has 0 aliphatic rings. The Kier molecular flexibility index (Phi) is 6.52. The lowest BCUT2D eigenvalue weighted by molar-refractivity contribution is 0.0946. The van der Waals surface area contributed by atoms with Crippen LogP contribution in [0.15, 0.2) is 47.5 Å². The third kappa shape index (κ3) is 4.78. The van der Waals surface area contributed by atoms with E-state index in [4.69, 9.17) is 11.6 Å². The van der Waals surface area contributed by atoms with Crippen LogP contribution in [0.2, 0.25) is 5.02 Å². The smallest absolute Gasteiger partial charge is 0.270 e. The zero-order chi connectivity index (χ0) is 18.4. The second-order valence-electron chi connectivity index (χ2n) is 5.28. The van der Waals surface area contributed by atoms with Crippen LogP contribution in [0.4, 0.5) is 0 Å². The Morgan fingerprint density at radius 2 is 1.80 bits per heavy atom. The molecule has 8 heteroatoms. The lowest BCUT2D eigenvalue weighted by Crippen LogP contribution is -2.30. The van der Waals surface area contributed by atoms with Gasteiger partial charge in [-0.1, -0.05) is 37.6 Å². The molecule has 25 heavy (non-hydrogen) atoms. The summed E-state index contributed by atoms with van der Waals surface area (Å²) in [5.74, 6) is -0.345. The van der Waals surface area contributed by atoms with Crippen LogP contribution in [0.1, 0.15) is 29.9 Å². The molecule has 6 nitrogen and oxygen atoms in total. The average Bonchev–Trinajstić information content (AvgIpc) is 2.61. The largest absolute Gasteiger partial charge is 0.347 e. The van der Waals surface area contributed by atoms with Crippen LogP contribution >= 0.6 is 11.6 Å². The number of hydrogen-bond donors (Lipinski definition) is 1. The standard InChI is InChI=1S/C17H20ClN3O3S/c1-3-21(4-2)25(23,24)15-7-5-13(6-8-15)12-20-17(22)16-11-14(18)9-10-19-16/h5-11H,3-4,12H2,1-2H3,(H,20,22). The van der Waals surface area contributed by atoms with Gasteiger partial charge in [0.2, 0.25) is 10.0 Å². The van der Waals surface area contributed by atoms with Crippen molar-refractivity contribution in [2.24, 2.45) is 0 Å². The number of sulfonamides is 1. The molecule has 0 aliphatic carbocycles. The molecule has 1 aromatic carbocycles. The highest BCUT2D eigenvalue weighted by Gasteiger charge is 2.21. The zero-order valence-corrected chi connectivity index (χ0v) is 15.6. The van der Waals surface area contributed by atoms with Crippen LogP contribution < -0.4 is 5.32 Å². The number of carbonyl (C=O) groups excluding carboxylic acids is 1. The molecule has 0 fully saturated rings. The van der Waals surface area contributed by atoms with E-state index in [0.717, 1.165) is 5.56 Å². The minimum absolute atomic E-state index is 0.230. The predicted octanol–water partition coefficient (Wildman–Crippen LogP) is 2.70. The van der Waals surface area contributed by atoms with Crippen molar-refractivity contribution in [3.8, 4) is 0 Å². The van der Waals surface area contributed by atoms with Crippen molar-refractivity contribution in [3.63, 3.8) is 0 Å². The van der Waals surface area contributed by atoms with Crippen molar-refractivity contribution in [2.75, 3.05) is 13.1 Å². The van der Waals surface area contributed by atoms with E-state index in [0.29, 0.717) is 18.1 Å². The van der Waals surface area contributed by atoms with Gasteiger partial charge in [-0.25, -0.2) is 8.42 Å². The molecule has 0 atom stereocenters. The van der Waals surface area contributed by atoms with Crippen molar-refractivity contribution in [2.45, 2.75) is 25.3 Å². The second kappa shape index (κ2) is 8.42. The van der Waals surface area contributed by atoms with Crippen molar-refractivity contribution in [1.29, 1.82) is 0 Å². The van der Waals surface area contributed by atoms with Gasteiger partial charge in [-0.2, -0.15) is 4.31 Å². The summed E-state index contributed by atoms with van der Waals surface area (Å²) in [6.45, 7) is 4.70. The summed E-state index contributed by atoms with van der Waals surface area (Å²) in [5.41, 5.74) is 1.02. The van der Waals surface area contributed by atoms with Gasteiger partial charge in [0.05, 0.1) is 4.90 Å². The number of aromatic nitrogens is 1. The minimum atomic E-state index is -3.48. The third-order valence-electron chi connectivity index (χ3n) is 3.67. The molecule has 0 aliphatic heterocycles. The molecular formula is C17H20ClN3O3S. The van der Waals surface area contributed by atoms with Gasteiger partial charge >= 0.3 is 0 Å². The maximum Gasteiger partial charge on any atom is 0.270 e. The first-order chi connectivity index (χ1) is 11.9. The van der Waals surface area contributed by atoms with Crippen molar-refractivity contribution >= 4 is 27.5 Å². The first-order valence-electron chi connectivity index (χ1n) is 7.87. The number of hydrogen-bond acceptors (Lipinski definition) is 4. The monoisotopic (exact) mass is 381 g/mol. The number of nitrogens with one attached hydrogen (secondary N) is 1. The first-order valence-corrected chi connectivity index (χ1v) is 9.69. The molecule has 0 bridgehead atoms. The Hall–Kier alpha value is -1.96. The summed E-state index contributed by atoms with van der Waals surface area (Å²) in [6.07, 6.45) is 1.46. The zero-order valence-electron chi connectivity index (χ0n) is 14.1. The number of benzene rings is 1. The summed E-state index contributed by atoms with van der Waals surface area (Å²) in [6, 6.07) is 9.54. The lowest BCUT2D eigenvalue weighted by Gasteiger charge is -2.18. The van der Waals surface area contributed by atoms with E-state index in [2.05, 4.69) is 10.3 Å². The van der Waals surface area contributed by atoms with Crippen LogP contribution in [0.5, 0.6) is 0 Å². The number of halogens is 1. The molecule has 0 saturated carbocycles. The molecule has 1 amide bonds. The van der Waals surface area contributed by atoms with E-state index in [1.54, 1.807) is 44.2 Å². The SMILES string of the molecule is CCN(CC)S(=O)(=O)c1ccc(CNC(=O)c2cc(Cl)ccn2)cc1. The van der Waals surface area contributed by atoms with Gasteiger partial charge < -0.3 is 5.32 Å². The van der Waals surface area contributed by atoms with Crippen LogP contribution in [-0.4, -0.2) is 36.7 Å². The first kappa shape index (κ1) is 19.4. The molecule has 2 aromatic rings. The summed E-state index contributed by atoms with van der Waals surface area (Å²) < 4.78 is 26.2. The van der Waals surface area contributed by atoms with Crippen LogP contribution in [0.25, 0.3) is 0 Å². The van der Waals surface area contributed by atoms with Crippen LogP contribution in [0, 0.1) is 0 Å². The van der Waals surface area contributed by atoms with Crippen molar-refractivity contribution in [3.05, 3.63) is 58.9 Å². The fraction of sp³-hybridized carbons (Fsp3) is 0.294. The van der Waals surface area contributed by atoms with E-state index >= 15 is 0 Å². The van der Waals surface area contributed by atoms with Gasteiger partial charge in [0.25, 0.3) is 5.91 Å². The molecule has 0 radical (unpaired) electrons. The molecular weight excluding hydrogens is 362 g/mol. The molecule has 0 saturated heterocycles. The Morgan fingerprint density at radius 3 is 2.36 bits per heavy atom. The molecule has 1 aromatic heterocycles. The minimum Gasteiger partial charge on any atom is -0.347 e. The normalized spacial score (nSPS) is 11.5. The molecule has 2 rings (SSSR count). The topological polar surface area (TPSA) is 79.4 Å². The van der Waals surface area contributed by atoms with Gasteiger partial charge in [0.15, 0.2) is 0 Å². The fourth-order valence-electron chi connectivity index (χ4n) is 2.29. The van der Waals surface area contributed by atoms with Crippen molar-refractivity contribution in [1.82, 2.24) is 14.6 Å². The summed E-state index contributed by atoms with van der Waals surface area (Å²) in [4.78, 5) is 16.2. The van der Waals surface area contributed by atoms with Gasteiger partial charge in [-0.3, -0.25) is 9.78 Å². The van der Waals surface area contributed by atoms with E-state index < -0.39 is 10.0 Å². The summed E-state index contributed by atoms with van der Waals surface area (Å²) >= 11 is 5.83. The van der Waals surface area contributed by atoms with Gasteiger partial charge in [0.1, 0.15) is 5.69 Å². The van der Waals surface area contributed by atoms with Crippen molar-refractivity contribution < 1.29 is 13.2 Å². The van der Waals surface area contributed by atoms with Gasteiger partial charge in [-0.05, 0) is 29.8 Å². The van der Waals surface area contributed by atoms with E-state index in [-0.39, 0.29) is 23.0 Å². The maximum absolute atomic E-state index is 12.4. The summed E-state index contributed by atoms with van der Waals surface area (Å²) in [5, 5.41) is 3.16. The van der Waals surface area contributed by atoms with Crippen LogP contribution in [-0.2, 0) is 16.6 Å². The number of rotatable bonds is 7. The maximum atomic E-state index is 12.4. The Bertz CT molecular complexity index is 834. The Labute approximate surface area is 152 Å². The lowest BCUT2D eigenvalue weighted by atomic mass is 10.2. The molecule has 0 unspecified atom stereocenters. The number of nitrogens with zero attached hydrogens (tertiary/aromatic N) is 2. The van der Waals surface area contributed by atoms with E-state index in [9.17, 15) is 13.2 Å². The molecule has 0 spiro atoms. The summed E-state index contributed by atoms with van der Waals surface area (Å²) in [7, 11) is -3.48. The highest BCUT2D eigenvalue weighted by atomic mass is 35.5. The van der Waals surface area contributed by atoms with Gasteiger partial charge in [-0.15, -0.1) is 0 Å². The predicted molar refractivity (Wildman–Crippen MR) is 97.0 cm³/mol. The fourth-order valence-corrected chi connectivity index (χ4v) is 3.91. The Morgan fingerprint density at radius 1 is 1.16 bits per heavy atom. The molecule has 1 N–H and O–H groups in total. The third-order valence-corrected chi connectivity index (χ3v) is 5.97. The quantitative estimate of drug-likeness (QED) is 0.799. The number of carbonyl (C=O) groups is 1. The molecule has 1 heterocycles. The van der Waals surface area contributed by atoms with Crippen LogP contribution in [0.3, 0.4) is 0 Å². The number of amides is 1. The van der Waals surface area contributed by atoms with Gasteiger partial charge in [0, 0.05) is 30.9 Å². The second-order valence-corrected chi connectivity index (χ2v) is 7.65. The van der Waals surface area contributed by atoms with E-state index in [1.165, 1.54) is 16.6 Å². The number of pyridine rings is 1.